The zero-order valence-electron chi connectivity index (χ0n) is 14.9. The Morgan fingerprint density at radius 2 is 1.88 bits per heavy atom. The van der Waals surface area contributed by atoms with Gasteiger partial charge in [-0.1, -0.05) is 26.0 Å². The van der Waals surface area contributed by atoms with Crippen LogP contribution in [0.4, 0.5) is 5.69 Å². The van der Waals surface area contributed by atoms with Gasteiger partial charge in [-0.15, -0.1) is 0 Å². The first-order chi connectivity index (χ1) is 11.7. The molecule has 0 aliphatic rings. The number of hydrogen-bond donors (Lipinski definition) is 2. The summed E-state index contributed by atoms with van der Waals surface area (Å²) in [7, 11) is -2.55. The van der Waals surface area contributed by atoms with Crippen molar-refractivity contribution in [3.63, 3.8) is 0 Å². The van der Waals surface area contributed by atoms with E-state index in [9.17, 15) is 13.2 Å². The largest absolute Gasteiger partial charge is 0.464 e. The van der Waals surface area contributed by atoms with Crippen molar-refractivity contribution in [1.82, 2.24) is 4.98 Å². The molecule has 1 aromatic heterocycles. The van der Waals surface area contributed by atoms with Crippen LogP contribution in [0, 0.1) is 12.8 Å². The van der Waals surface area contributed by atoms with Crippen LogP contribution in [0.25, 0.3) is 0 Å². The van der Waals surface area contributed by atoms with Crippen LogP contribution in [0.3, 0.4) is 0 Å². The molecule has 7 heteroatoms. The molecular formula is C18H24N2O4S. The molecule has 0 bridgehead atoms. The van der Waals surface area contributed by atoms with E-state index < -0.39 is 16.0 Å². The van der Waals surface area contributed by atoms with Crippen molar-refractivity contribution in [2.75, 3.05) is 11.8 Å². The van der Waals surface area contributed by atoms with Gasteiger partial charge in [0, 0.05) is 5.69 Å². The van der Waals surface area contributed by atoms with Crippen LogP contribution in [0.5, 0.6) is 0 Å². The molecule has 0 aliphatic heterocycles. The minimum absolute atomic E-state index is 0.0807. The molecule has 0 unspecified atom stereocenters. The normalized spacial score (nSPS) is 11.6. The molecule has 0 saturated heterocycles. The van der Waals surface area contributed by atoms with Gasteiger partial charge in [0.15, 0.2) is 0 Å². The summed E-state index contributed by atoms with van der Waals surface area (Å²) >= 11 is 0. The molecule has 25 heavy (non-hydrogen) atoms. The highest BCUT2D eigenvalue weighted by Gasteiger charge is 2.21. The number of carbonyl (C=O) groups excluding carboxylic acids is 1. The number of anilines is 1. The zero-order chi connectivity index (χ0) is 18.6. The summed E-state index contributed by atoms with van der Waals surface area (Å²) in [5.41, 5.74) is 2.01. The predicted octanol–water partition coefficient (Wildman–Crippen LogP) is 3.50. The number of methoxy groups -OCH3 is 1. The number of aryl methyl sites for hydroxylation is 2. The van der Waals surface area contributed by atoms with Crippen molar-refractivity contribution in [1.29, 1.82) is 0 Å². The van der Waals surface area contributed by atoms with Gasteiger partial charge in [-0.25, -0.2) is 13.2 Å². The molecule has 136 valence electrons. The number of aromatic nitrogens is 1. The molecule has 1 aromatic carbocycles. The molecular weight excluding hydrogens is 340 g/mol. The van der Waals surface area contributed by atoms with E-state index in [1.54, 1.807) is 25.1 Å². The van der Waals surface area contributed by atoms with Gasteiger partial charge in [-0.05, 0) is 49.4 Å². The van der Waals surface area contributed by atoms with Crippen LogP contribution in [-0.4, -0.2) is 26.5 Å². The lowest BCUT2D eigenvalue weighted by atomic mass is 10.0. The van der Waals surface area contributed by atoms with Crippen molar-refractivity contribution >= 4 is 21.7 Å². The molecule has 0 radical (unpaired) electrons. The van der Waals surface area contributed by atoms with E-state index in [0.29, 0.717) is 11.6 Å². The van der Waals surface area contributed by atoms with E-state index >= 15 is 0 Å². The third-order valence-electron chi connectivity index (χ3n) is 3.83. The van der Waals surface area contributed by atoms with Crippen LogP contribution >= 0.6 is 0 Å². The number of hydrogen-bond acceptors (Lipinski definition) is 4. The Morgan fingerprint density at radius 3 is 2.44 bits per heavy atom. The van der Waals surface area contributed by atoms with Crippen LogP contribution in [0.2, 0.25) is 0 Å². The van der Waals surface area contributed by atoms with E-state index in [2.05, 4.69) is 28.3 Å². The minimum Gasteiger partial charge on any atom is -0.464 e. The molecule has 2 aromatic rings. The maximum atomic E-state index is 12.6. The van der Waals surface area contributed by atoms with E-state index in [1.165, 1.54) is 7.11 Å². The van der Waals surface area contributed by atoms with Crippen molar-refractivity contribution in [2.24, 2.45) is 5.92 Å². The van der Waals surface area contributed by atoms with Crippen LogP contribution in [0.15, 0.2) is 35.2 Å². The highest BCUT2D eigenvalue weighted by atomic mass is 32.2. The zero-order valence-corrected chi connectivity index (χ0v) is 15.7. The van der Waals surface area contributed by atoms with Crippen LogP contribution in [-0.2, 0) is 21.2 Å². The van der Waals surface area contributed by atoms with Crippen molar-refractivity contribution in [3.8, 4) is 0 Å². The average Bonchev–Trinajstić information content (AvgIpc) is 2.92. The highest BCUT2D eigenvalue weighted by Crippen LogP contribution is 2.22. The van der Waals surface area contributed by atoms with Gasteiger partial charge in [0.1, 0.15) is 5.69 Å². The first-order valence-electron chi connectivity index (χ1n) is 8.12. The first kappa shape index (κ1) is 19.1. The van der Waals surface area contributed by atoms with E-state index in [0.717, 1.165) is 18.4 Å². The molecule has 1 heterocycles. The Bertz CT molecular complexity index is 836. The lowest BCUT2D eigenvalue weighted by molar-refractivity contribution is 0.0596. The standard InChI is InChI=1S/C18H24N2O4S/c1-12(2)5-6-14-7-9-15(10-8-14)25(22,23)20-16-11-13(3)19-17(16)18(21)24-4/h7-12,19-20H,5-6H2,1-4H3. The fourth-order valence-electron chi connectivity index (χ4n) is 2.43. The van der Waals surface area contributed by atoms with Crippen molar-refractivity contribution in [3.05, 3.63) is 47.3 Å². The fraction of sp³-hybridized carbons (Fsp3) is 0.389. The number of H-pyrrole nitrogens is 1. The summed E-state index contributed by atoms with van der Waals surface area (Å²) in [5.74, 6) is -0.0338. The number of rotatable bonds is 7. The Labute approximate surface area is 148 Å². The van der Waals surface area contributed by atoms with Gasteiger partial charge in [0.05, 0.1) is 17.7 Å². The number of benzene rings is 1. The Morgan fingerprint density at radius 1 is 1.24 bits per heavy atom. The van der Waals surface area contributed by atoms with Gasteiger partial charge in [-0.3, -0.25) is 4.72 Å². The Hall–Kier alpha value is -2.28. The number of carbonyl (C=O) groups is 1. The Balaban J connectivity index is 2.21. The summed E-state index contributed by atoms with van der Waals surface area (Å²) < 4.78 is 32.3. The fourth-order valence-corrected chi connectivity index (χ4v) is 3.49. The number of nitrogens with one attached hydrogen (secondary N) is 2. The van der Waals surface area contributed by atoms with Gasteiger partial charge in [0.25, 0.3) is 10.0 Å². The van der Waals surface area contributed by atoms with E-state index in [1.807, 2.05) is 12.1 Å². The van der Waals surface area contributed by atoms with Gasteiger partial charge in [-0.2, -0.15) is 0 Å². The molecule has 0 amide bonds. The highest BCUT2D eigenvalue weighted by molar-refractivity contribution is 7.92. The molecule has 0 fully saturated rings. The predicted molar refractivity (Wildman–Crippen MR) is 97.3 cm³/mol. The van der Waals surface area contributed by atoms with Crippen molar-refractivity contribution < 1.29 is 17.9 Å². The van der Waals surface area contributed by atoms with Gasteiger partial charge >= 0.3 is 5.97 Å². The number of aromatic amines is 1. The van der Waals surface area contributed by atoms with E-state index in [-0.39, 0.29) is 16.3 Å². The average molecular weight is 364 g/mol. The third kappa shape index (κ3) is 4.85. The lowest BCUT2D eigenvalue weighted by Crippen LogP contribution is -2.15. The number of ether oxygens (including phenoxy) is 1. The van der Waals surface area contributed by atoms with Gasteiger partial charge < -0.3 is 9.72 Å². The maximum Gasteiger partial charge on any atom is 0.356 e. The summed E-state index contributed by atoms with van der Waals surface area (Å²) in [6.07, 6.45) is 1.96. The molecule has 0 aliphatic carbocycles. The first-order valence-corrected chi connectivity index (χ1v) is 9.61. The quantitative estimate of drug-likeness (QED) is 0.736. The van der Waals surface area contributed by atoms with Crippen molar-refractivity contribution in [2.45, 2.75) is 38.5 Å². The maximum absolute atomic E-state index is 12.6. The molecule has 2 N–H and O–H groups in total. The molecule has 0 atom stereocenters. The monoisotopic (exact) mass is 364 g/mol. The summed E-state index contributed by atoms with van der Waals surface area (Å²) in [6, 6.07) is 8.35. The second kappa shape index (κ2) is 7.74. The second-order valence-electron chi connectivity index (χ2n) is 6.41. The summed E-state index contributed by atoms with van der Waals surface area (Å²) in [5, 5.41) is 0. The molecule has 2 rings (SSSR count). The Kier molecular flexibility index (Phi) is 5.89. The van der Waals surface area contributed by atoms with Gasteiger partial charge in [0.2, 0.25) is 0 Å². The smallest absolute Gasteiger partial charge is 0.356 e. The number of esters is 1. The summed E-state index contributed by atoms with van der Waals surface area (Å²) in [4.78, 5) is 14.7. The SMILES string of the molecule is COC(=O)c1[nH]c(C)cc1NS(=O)(=O)c1ccc(CCC(C)C)cc1. The summed E-state index contributed by atoms with van der Waals surface area (Å²) in [6.45, 7) is 6.04. The topological polar surface area (TPSA) is 88.3 Å². The minimum atomic E-state index is -3.79. The van der Waals surface area contributed by atoms with Crippen LogP contribution < -0.4 is 4.72 Å². The molecule has 0 saturated carbocycles. The third-order valence-corrected chi connectivity index (χ3v) is 5.21. The molecule has 0 spiro atoms. The molecule has 6 nitrogen and oxygen atoms in total. The van der Waals surface area contributed by atoms with E-state index in [4.69, 9.17) is 0 Å². The van der Waals surface area contributed by atoms with Crippen LogP contribution in [0.1, 0.15) is 42.0 Å². The number of sulfonamides is 1. The second-order valence-corrected chi connectivity index (χ2v) is 8.10. The lowest BCUT2D eigenvalue weighted by Gasteiger charge is -2.09.